The number of anilines is 1. The predicted molar refractivity (Wildman–Crippen MR) is 85.6 cm³/mol. The monoisotopic (exact) mass is 297 g/mol. The normalized spacial score (nSPS) is 19.2. The van der Waals surface area contributed by atoms with Gasteiger partial charge in [-0.25, -0.2) is 0 Å². The molecule has 1 heterocycles. The molecular weight excluding hydrogens is 274 g/mol. The first-order valence-electron chi connectivity index (χ1n) is 7.02. The van der Waals surface area contributed by atoms with Crippen LogP contribution in [0.5, 0.6) is 0 Å². The molecule has 1 aliphatic rings. The third-order valence-corrected chi connectivity index (χ3v) is 3.50. The van der Waals surface area contributed by atoms with E-state index >= 15 is 0 Å². The first kappa shape index (κ1) is 17.0. The maximum absolute atomic E-state index is 12.4. The summed E-state index contributed by atoms with van der Waals surface area (Å²) >= 11 is 0. The first-order chi connectivity index (χ1) is 9.20. The number of carbonyl (C=O) groups excluding carboxylic acids is 1. The Bertz CT molecular complexity index is 413. The number of benzene rings is 1. The smallest absolute Gasteiger partial charge is 0.241 e. The summed E-state index contributed by atoms with van der Waals surface area (Å²) in [7, 11) is 0. The second-order valence-corrected chi connectivity index (χ2v) is 5.06. The lowest BCUT2D eigenvalue weighted by atomic mass is 10.2. The Morgan fingerprint density at radius 3 is 2.70 bits per heavy atom. The third kappa shape index (κ3) is 4.47. The summed E-state index contributed by atoms with van der Waals surface area (Å²) in [5.41, 5.74) is 0.984. The van der Waals surface area contributed by atoms with Crippen molar-refractivity contribution in [1.82, 2.24) is 10.2 Å². The van der Waals surface area contributed by atoms with Crippen molar-refractivity contribution < 1.29 is 4.79 Å². The maximum Gasteiger partial charge on any atom is 0.241 e. The quantitative estimate of drug-likeness (QED) is 0.920. The second kappa shape index (κ2) is 8.25. The van der Waals surface area contributed by atoms with Crippen molar-refractivity contribution in [3.05, 3.63) is 30.3 Å². The molecule has 0 radical (unpaired) electrons. The van der Waals surface area contributed by atoms with Crippen LogP contribution in [-0.4, -0.2) is 49.6 Å². The van der Waals surface area contributed by atoms with Gasteiger partial charge < -0.3 is 10.2 Å². The second-order valence-electron chi connectivity index (χ2n) is 5.06. The van der Waals surface area contributed by atoms with E-state index in [1.54, 1.807) is 0 Å². The van der Waals surface area contributed by atoms with Gasteiger partial charge in [-0.2, -0.15) is 0 Å². The van der Waals surface area contributed by atoms with Gasteiger partial charge in [0, 0.05) is 37.9 Å². The molecule has 1 unspecified atom stereocenters. The number of para-hydroxylation sites is 1. The lowest BCUT2D eigenvalue weighted by Gasteiger charge is -2.33. The molecule has 1 amide bonds. The van der Waals surface area contributed by atoms with E-state index in [9.17, 15) is 4.79 Å². The fourth-order valence-corrected chi connectivity index (χ4v) is 2.54. The molecule has 1 aliphatic heterocycles. The molecule has 2 rings (SSSR count). The molecule has 20 heavy (non-hydrogen) atoms. The number of hydrogen-bond acceptors (Lipinski definition) is 3. The van der Waals surface area contributed by atoms with Crippen LogP contribution >= 0.6 is 12.4 Å². The molecule has 1 aromatic carbocycles. The Kier molecular flexibility index (Phi) is 6.99. The maximum atomic E-state index is 12.4. The van der Waals surface area contributed by atoms with Gasteiger partial charge in [0.05, 0.1) is 6.54 Å². The van der Waals surface area contributed by atoms with E-state index in [2.05, 4.69) is 17.1 Å². The lowest BCUT2D eigenvalue weighted by molar-refractivity contribution is -0.119. The summed E-state index contributed by atoms with van der Waals surface area (Å²) in [5, 5.41) is 3.39. The van der Waals surface area contributed by atoms with Crippen molar-refractivity contribution in [1.29, 1.82) is 0 Å². The van der Waals surface area contributed by atoms with Gasteiger partial charge >= 0.3 is 0 Å². The van der Waals surface area contributed by atoms with E-state index in [0.29, 0.717) is 19.1 Å². The minimum atomic E-state index is 0. The van der Waals surface area contributed by atoms with Gasteiger partial charge in [0.2, 0.25) is 5.91 Å². The molecule has 0 saturated carbocycles. The Morgan fingerprint density at radius 2 is 2.10 bits per heavy atom. The van der Waals surface area contributed by atoms with E-state index in [1.165, 1.54) is 0 Å². The highest BCUT2D eigenvalue weighted by Crippen LogP contribution is 2.13. The molecule has 4 nitrogen and oxygen atoms in total. The van der Waals surface area contributed by atoms with Crippen LogP contribution in [0.3, 0.4) is 0 Å². The first-order valence-corrected chi connectivity index (χ1v) is 7.02. The van der Waals surface area contributed by atoms with Crippen LogP contribution in [0.1, 0.15) is 13.8 Å². The Morgan fingerprint density at radius 1 is 1.40 bits per heavy atom. The fraction of sp³-hybridized carbons (Fsp3) is 0.533. The van der Waals surface area contributed by atoms with Crippen molar-refractivity contribution in [3.63, 3.8) is 0 Å². The number of hydrogen-bond donors (Lipinski definition) is 1. The molecule has 112 valence electrons. The van der Waals surface area contributed by atoms with Gasteiger partial charge in [-0.1, -0.05) is 18.2 Å². The number of halogens is 1. The average Bonchev–Trinajstić information content (AvgIpc) is 2.41. The molecule has 1 saturated heterocycles. The number of nitrogens with zero attached hydrogens (tertiary/aromatic N) is 2. The van der Waals surface area contributed by atoms with E-state index in [-0.39, 0.29) is 18.3 Å². The highest BCUT2D eigenvalue weighted by molar-refractivity contribution is 5.94. The van der Waals surface area contributed by atoms with E-state index in [1.807, 2.05) is 42.2 Å². The molecule has 1 fully saturated rings. The van der Waals surface area contributed by atoms with Crippen molar-refractivity contribution in [2.24, 2.45) is 0 Å². The van der Waals surface area contributed by atoms with Crippen molar-refractivity contribution >= 4 is 24.0 Å². The summed E-state index contributed by atoms with van der Waals surface area (Å²) in [6.07, 6.45) is 0. The van der Waals surface area contributed by atoms with Crippen molar-refractivity contribution in [2.45, 2.75) is 19.9 Å². The number of nitrogens with one attached hydrogen (secondary N) is 1. The number of rotatable bonds is 4. The molecule has 0 spiro atoms. The van der Waals surface area contributed by atoms with E-state index < -0.39 is 0 Å². The van der Waals surface area contributed by atoms with Crippen LogP contribution in [0, 0.1) is 0 Å². The minimum absolute atomic E-state index is 0. The summed E-state index contributed by atoms with van der Waals surface area (Å²) in [6.45, 7) is 8.25. The largest absolute Gasteiger partial charge is 0.312 e. The predicted octanol–water partition coefficient (Wildman–Crippen LogP) is 1.75. The third-order valence-electron chi connectivity index (χ3n) is 3.50. The average molecular weight is 298 g/mol. The molecule has 0 aromatic heterocycles. The lowest BCUT2D eigenvalue weighted by Crippen LogP contribution is -2.52. The number of amides is 1. The summed E-state index contributed by atoms with van der Waals surface area (Å²) < 4.78 is 0. The Balaban J connectivity index is 0.00000200. The summed E-state index contributed by atoms with van der Waals surface area (Å²) in [5.74, 6) is 0.183. The van der Waals surface area contributed by atoms with Crippen molar-refractivity contribution in [3.8, 4) is 0 Å². The van der Waals surface area contributed by atoms with Gasteiger partial charge in [-0.15, -0.1) is 12.4 Å². The van der Waals surface area contributed by atoms with Crippen LogP contribution in [0.4, 0.5) is 5.69 Å². The van der Waals surface area contributed by atoms with E-state index in [0.717, 1.165) is 25.3 Å². The minimum Gasteiger partial charge on any atom is -0.312 e. The Labute approximate surface area is 127 Å². The standard InChI is InChI=1S/C15H23N3O.ClH/c1-3-18(14-7-5-4-6-8-14)15(19)12-17-10-9-16-13(2)11-17;/h4-8,13,16H,3,9-12H2,1-2H3;1H. The number of likely N-dealkylation sites (N-methyl/N-ethyl adjacent to an activating group) is 1. The van der Waals surface area contributed by atoms with Gasteiger partial charge in [0.15, 0.2) is 0 Å². The summed E-state index contributed by atoms with van der Waals surface area (Å²) in [4.78, 5) is 16.5. The van der Waals surface area contributed by atoms with Crippen LogP contribution in [-0.2, 0) is 4.79 Å². The zero-order valence-corrected chi connectivity index (χ0v) is 13.0. The summed E-state index contributed by atoms with van der Waals surface area (Å²) in [6, 6.07) is 10.4. The van der Waals surface area contributed by atoms with Gasteiger partial charge in [-0.3, -0.25) is 9.69 Å². The zero-order valence-electron chi connectivity index (χ0n) is 12.2. The SMILES string of the molecule is CCN(C(=O)CN1CCNC(C)C1)c1ccccc1.Cl. The Hall–Kier alpha value is -1.10. The van der Waals surface area contributed by atoms with Crippen LogP contribution in [0.15, 0.2) is 30.3 Å². The molecule has 1 aromatic rings. The highest BCUT2D eigenvalue weighted by atomic mass is 35.5. The zero-order chi connectivity index (χ0) is 13.7. The number of carbonyl (C=O) groups is 1. The molecular formula is C15H24ClN3O. The molecule has 0 aliphatic carbocycles. The fourth-order valence-electron chi connectivity index (χ4n) is 2.54. The molecule has 5 heteroatoms. The van der Waals surface area contributed by atoms with Crippen molar-refractivity contribution in [2.75, 3.05) is 37.6 Å². The van der Waals surface area contributed by atoms with Gasteiger partial charge in [-0.05, 0) is 26.0 Å². The van der Waals surface area contributed by atoms with Crippen LogP contribution in [0.25, 0.3) is 0 Å². The topological polar surface area (TPSA) is 35.6 Å². The van der Waals surface area contributed by atoms with Crippen LogP contribution in [0.2, 0.25) is 0 Å². The van der Waals surface area contributed by atoms with Gasteiger partial charge in [0.1, 0.15) is 0 Å². The molecule has 1 atom stereocenters. The number of piperazine rings is 1. The molecule has 1 N–H and O–H groups in total. The van der Waals surface area contributed by atoms with Crippen LogP contribution < -0.4 is 10.2 Å². The van der Waals surface area contributed by atoms with E-state index in [4.69, 9.17) is 0 Å². The highest BCUT2D eigenvalue weighted by Gasteiger charge is 2.21. The van der Waals surface area contributed by atoms with Gasteiger partial charge in [0.25, 0.3) is 0 Å². The molecule has 0 bridgehead atoms.